The van der Waals surface area contributed by atoms with Crippen LogP contribution in [0.15, 0.2) is 47.6 Å². The third-order valence-electron chi connectivity index (χ3n) is 4.87. The summed E-state index contributed by atoms with van der Waals surface area (Å²) in [6.07, 6.45) is 7.31. The number of methoxy groups -OCH3 is 1. The average Bonchev–Trinajstić information content (AvgIpc) is 3.05. The summed E-state index contributed by atoms with van der Waals surface area (Å²) >= 11 is 1.46. The molecule has 1 N–H and O–H groups in total. The summed E-state index contributed by atoms with van der Waals surface area (Å²) in [7, 11) is -2.12. The number of pyridine rings is 1. The molecule has 2 heterocycles. The van der Waals surface area contributed by atoms with Crippen molar-refractivity contribution >= 4 is 33.4 Å². The first kappa shape index (κ1) is 22.6. The summed E-state index contributed by atoms with van der Waals surface area (Å²) in [4.78, 5) is 16.6. The third kappa shape index (κ3) is 5.96. The van der Waals surface area contributed by atoms with Crippen LogP contribution in [0.25, 0.3) is 0 Å². The molecule has 1 saturated heterocycles. The lowest BCUT2D eigenvalue weighted by Gasteiger charge is -2.21. The maximum atomic E-state index is 13.1. The van der Waals surface area contributed by atoms with Gasteiger partial charge in [-0.2, -0.15) is 4.31 Å². The highest BCUT2D eigenvalue weighted by Crippen LogP contribution is 2.30. The highest BCUT2D eigenvalue weighted by Gasteiger charge is 2.26. The first-order valence-corrected chi connectivity index (χ1v) is 12.5. The van der Waals surface area contributed by atoms with Crippen molar-refractivity contribution in [2.24, 2.45) is 0 Å². The normalized spacial score (nSPS) is 15.4. The van der Waals surface area contributed by atoms with E-state index in [9.17, 15) is 13.2 Å². The molecule has 3 rings (SSSR count). The molecule has 0 unspecified atom stereocenters. The van der Waals surface area contributed by atoms with Crippen LogP contribution >= 0.6 is 11.8 Å². The van der Waals surface area contributed by atoms with Crippen LogP contribution in [0.3, 0.4) is 0 Å². The monoisotopic (exact) mass is 449 g/mol. The lowest BCUT2D eigenvalue weighted by Crippen LogP contribution is -2.32. The van der Waals surface area contributed by atoms with Crippen LogP contribution in [0.2, 0.25) is 0 Å². The molecule has 0 spiro atoms. The van der Waals surface area contributed by atoms with Crippen LogP contribution in [0.1, 0.15) is 31.2 Å². The molecular formula is C21H27N3O4S2. The zero-order chi connectivity index (χ0) is 21.4. The van der Waals surface area contributed by atoms with Crippen LogP contribution in [-0.4, -0.2) is 49.6 Å². The van der Waals surface area contributed by atoms with Crippen LogP contribution in [0, 0.1) is 0 Å². The van der Waals surface area contributed by atoms with E-state index in [1.54, 1.807) is 18.5 Å². The highest BCUT2D eigenvalue weighted by molar-refractivity contribution is 7.99. The third-order valence-corrected chi connectivity index (χ3v) is 7.77. The smallest absolute Gasteiger partial charge is 0.243 e. The molecular weight excluding hydrogens is 422 g/mol. The molecule has 1 aliphatic rings. The van der Waals surface area contributed by atoms with Gasteiger partial charge in [0, 0.05) is 31.2 Å². The van der Waals surface area contributed by atoms with Crippen molar-refractivity contribution in [3.63, 3.8) is 0 Å². The molecule has 9 heteroatoms. The second-order valence-electron chi connectivity index (χ2n) is 7.08. The number of amides is 1. The van der Waals surface area contributed by atoms with Crippen LogP contribution < -0.4 is 10.1 Å². The summed E-state index contributed by atoms with van der Waals surface area (Å²) in [5.41, 5.74) is 1.40. The number of carbonyl (C=O) groups excluding carboxylic acids is 1. The summed E-state index contributed by atoms with van der Waals surface area (Å²) in [5, 5.41) is 2.79. The van der Waals surface area contributed by atoms with Crippen LogP contribution in [0.5, 0.6) is 5.75 Å². The molecule has 0 atom stereocenters. The number of nitrogens with zero attached hydrogens (tertiary/aromatic N) is 2. The number of anilines is 1. The Morgan fingerprint density at radius 3 is 2.63 bits per heavy atom. The topological polar surface area (TPSA) is 88.6 Å². The fourth-order valence-corrected chi connectivity index (χ4v) is 5.62. The Morgan fingerprint density at radius 2 is 1.97 bits per heavy atom. The second kappa shape index (κ2) is 10.8. The van der Waals surface area contributed by atoms with E-state index in [4.69, 9.17) is 4.74 Å². The number of thioether (sulfide) groups is 1. The first-order valence-electron chi connectivity index (χ1n) is 9.95. The summed E-state index contributed by atoms with van der Waals surface area (Å²) < 4.78 is 33.0. The Labute approximate surface area is 182 Å². The fourth-order valence-electron chi connectivity index (χ4n) is 3.31. The summed E-state index contributed by atoms with van der Waals surface area (Å²) in [6, 6.07) is 8.42. The lowest BCUT2D eigenvalue weighted by atomic mass is 10.2. The van der Waals surface area contributed by atoms with Crippen molar-refractivity contribution in [3.8, 4) is 5.75 Å². The van der Waals surface area contributed by atoms with E-state index in [-0.39, 0.29) is 16.6 Å². The number of sulfonamides is 1. The molecule has 0 saturated carbocycles. The standard InChI is InChI=1S/C21H27N3O4S2/c1-28-20-9-8-18(30(26,27)24-11-4-2-3-5-12-24)13-19(20)23-21(25)16-29-15-17-7-6-10-22-14-17/h6-10,13-14H,2-5,11-12,15-16H2,1H3,(H,23,25). The zero-order valence-electron chi connectivity index (χ0n) is 17.0. The molecule has 1 amide bonds. The minimum atomic E-state index is -3.61. The van der Waals surface area contributed by atoms with Gasteiger partial charge in [-0.1, -0.05) is 18.9 Å². The van der Waals surface area contributed by atoms with E-state index < -0.39 is 10.0 Å². The fraction of sp³-hybridized carbons (Fsp3) is 0.429. The predicted molar refractivity (Wildman–Crippen MR) is 119 cm³/mol. The quantitative estimate of drug-likeness (QED) is 0.663. The first-order chi connectivity index (χ1) is 14.5. The molecule has 1 fully saturated rings. The lowest BCUT2D eigenvalue weighted by molar-refractivity contribution is -0.113. The predicted octanol–water partition coefficient (Wildman–Crippen LogP) is 3.53. The average molecular weight is 450 g/mol. The van der Waals surface area contributed by atoms with Crippen molar-refractivity contribution in [1.29, 1.82) is 0 Å². The maximum Gasteiger partial charge on any atom is 0.243 e. The zero-order valence-corrected chi connectivity index (χ0v) is 18.7. The van der Waals surface area contributed by atoms with Crippen molar-refractivity contribution < 1.29 is 17.9 Å². The van der Waals surface area contributed by atoms with Gasteiger partial charge in [0.25, 0.3) is 0 Å². The molecule has 30 heavy (non-hydrogen) atoms. The Hall–Kier alpha value is -2.10. The minimum Gasteiger partial charge on any atom is -0.495 e. The molecule has 7 nitrogen and oxygen atoms in total. The number of rotatable bonds is 8. The number of benzene rings is 1. The van der Waals surface area contributed by atoms with E-state index >= 15 is 0 Å². The van der Waals surface area contributed by atoms with Gasteiger partial charge in [0.15, 0.2) is 0 Å². The van der Waals surface area contributed by atoms with Gasteiger partial charge in [0.1, 0.15) is 5.75 Å². The SMILES string of the molecule is COc1ccc(S(=O)(=O)N2CCCCCC2)cc1NC(=O)CSCc1cccnc1. The molecule has 1 aromatic carbocycles. The largest absolute Gasteiger partial charge is 0.495 e. The number of aromatic nitrogens is 1. The van der Waals surface area contributed by atoms with Crippen LogP contribution in [-0.2, 0) is 20.6 Å². The summed E-state index contributed by atoms with van der Waals surface area (Å²) in [6.45, 7) is 1.06. The maximum absolute atomic E-state index is 13.1. The Bertz CT molecular complexity index is 944. The molecule has 0 aliphatic carbocycles. The van der Waals surface area contributed by atoms with Crippen molar-refractivity contribution in [3.05, 3.63) is 48.3 Å². The molecule has 0 bridgehead atoms. The van der Waals surface area contributed by atoms with Crippen LogP contribution in [0.4, 0.5) is 5.69 Å². The Kier molecular flexibility index (Phi) is 8.12. The van der Waals surface area contributed by atoms with E-state index in [0.29, 0.717) is 30.3 Å². The Morgan fingerprint density at radius 1 is 1.20 bits per heavy atom. The molecule has 0 radical (unpaired) electrons. The van der Waals surface area contributed by atoms with Gasteiger partial charge in [0.05, 0.1) is 23.4 Å². The molecule has 1 aliphatic heterocycles. The van der Waals surface area contributed by atoms with Gasteiger partial charge in [0.2, 0.25) is 15.9 Å². The van der Waals surface area contributed by atoms with Gasteiger partial charge in [-0.15, -0.1) is 11.8 Å². The van der Waals surface area contributed by atoms with E-state index in [1.807, 2.05) is 12.1 Å². The molecule has 2 aromatic rings. The number of hydrogen-bond donors (Lipinski definition) is 1. The van der Waals surface area contributed by atoms with Gasteiger partial charge >= 0.3 is 0 Å². The summed E-state index contributed by atoms with van der Waals surface area (Å²) in [5.74, 6) is 1.12. The molecule has 1 aromatic heterocycles. The second-order valence-corrected chi connectivity index (χ2v) is 10.0. The number of hydrogen-bond acceptors (Lipinski definition) is 6. The van der Waals surface area contributed by atoms with E-state index in [0.717, 1.165) is 31.2 Å². The molecule has 162 valence electrons. The van der Waals surface area contributed by atoms with Crippen molar-refractivity contribution in [2.45, 2.75) is 36.3 Å². The van der Waals surface area contributed by atoms with E-state index in [1.165, 1.54) is 35.3 Å². The van der Waals surface area contributed by atoms with Gasteiger partial charge < -0.3 is 10.1 Å². The number of carbonyl (C=O) groups is 1. The van der Waals surface area contributed by atoms with Gasteiger partial charge in [-0.3, -0.25) is 9.78 Å². The number of ether oxygens (including phenoxy) is 1. The van der Waals surface area contributed by atoms with Gasteiger partial charge in [-0.05, 0) is 42.7 Å². The van der Waals surface area contributed by atoms with Crippen molar-refractivity contribution in [2.75, 3.05) is 31.3 Å². The highest BCUT2D eigenvalue weighted by atomic mass is 32.2. The van der Waals surface area contributed by atoms with Gasteiger partial charge in [-0.25, -0.2) is 8.42 Å². The Balaban J connectivity index is 1.68. The number of nitrogens with one attached hydrogen (secondary N) is 1. The minimum absolute atomic E-state index is 0.170. The van der Waals surface area contributed by atoms with Crippen molar-refractivity contribution in [1.82, 2.24) is 9.29 Å². The van der Waals surface area contributed by atoms with E-state index in [2.05, 4.69) is 10.3 Å².